The van der Waals surface area contributed by atoms with Gasteiger partial charge < -0.3 is 10.6 Å². The Morgan fingerprint density at radius 1 is 1.26 bits per heavy atom. The first kappa shape index (κ1) is 19.5. The Morgan fingerprint density at radius 2 is 2.07 bits per heavy atom. The summed E-state index contributed by atoms with van der Waals surface area (Å²) in [6, 6.07) is 13.8. The smallest absolute Gasteiger partial charge is 0.291 e. The Labute approximate surface area is 168 Å². The first-order valence-corrected chi connectivity index (χ1v) is 9.68. The highest BCUT2D eigenvalue weighted by molar-refractivity contribution is 7.13. The lowest BCUT2D eigenvalue weighted by molar-refractivity contribution is 0.0904. The van der Waals surface area contributed by atoms with Crippen molar-refractivity contribution in [2.45, 2.75) is 19.4 Å². The van der Waals surface area contributed by atoms with E-state index in [1.165, 1.54) is 0 Å². The maximum atomic E-state index is 12.8. The molecule has 0 spiro atoms. The van der Waals surface area contributed by atoms with Crippen LogP contribution in [0.15, 0.2) is 47.8 Å². The molecule has 2 N–H and O–H groups in total. The number of piperidine rings is 1. The molecule has 0 bridgehead atoms. The molecule has 1 aromatic carbocycles. The summed E-state index contributed by atoms with van der Waals surface area (Å²) in [5.74, 6) is 1.10. The van der Waals surface area contributed by atoms with Crippen LogP contribution in [-0.4, -0.2) is 39.8 Å². The van der Waals surface area contributed by atoms with Gasteiger partial charge in [-0.3, -0.25) is 4.79 Å². The fourth-order valence-electron chi connectivity index (χ4n) is 3.14. The molecule has 0 aliphatic carbocycles. The van der Waals surface area contributed by atoms with Crippen molar-refractivity contribution in [3.05, 3.63) is 53.7 Å². The molecule has 2 atom stereocenters. The summed E-state index contributed by atoms with van der Waals surface area (Å²) in [6.07, 6.45) is 1.05. The molecule has 1 amide bonds. The number of carbonyl (C=O) groups is 1. The quantitative estimate of drug-likeness (QED) is 0.702. The number of hydrogen-bond acceptors (Lipinski definition) is 5. The summed E-state index contributed by atoms with van der Waals surface area (Å²) in [4.78, 5) is 18.3. The van der Waals surface area contributed by atoms with Gasteiger partial charge in [0.15, 0.2) is 5.82 Å². The second kappa shape index (κ2) is 8.65. The fraction of sp³-hybridized carbons (Fsp3) is 0.316. The van der Waals surface area contributed by atoms with Crippen molar-refractivity contribution in [1.82, 2.24) is 25.4 Å². The fourth-order valence-corrected chi connectivity index (χ4v) is 3.84. The van der Waals surface area contributed by atoms with E-state index in [4.69, 9.17) is 0 Å². The van der Waals surface area contributed by atoms with E-state index in [2.05, 4.69) is 27.6 Å². The average Bonchev–Trinajstić information content (AvgIpc) is 3.34. The minimum absolute atomic E-state index is 0. The predicted molar refractivity (Wildman–Crippen MR) is 110 cm³/mol. The van der Waals surface area contributed by atoms with Gasteiger partial charge in [0, 0.05) is 12.6 Å². The molecule has 1 aliphatic rings. The molecule has 142 valence electrons. The second-order valence-electron chi connectivity index (χ2n) is 6.53. The molecule has 6 nitrogen and oxygen atoms in total. The van der Waals surface area contributed by atoms with Gasteiger partial charge in [-0.1, -0.05) is 31.2 Å². The summed E-state index contributed by atoms with van der Waals surface area (Å²) in [5, 5.41) is 12.9. The van der Waals surface area contributed by atoms with Gasteiger partial charge in [0.25, 0.3) is 5.91 Å². The molecule has 0 radical (unpaired) electrons. The van der Waals surface area contributed by atoms with Gasteiger partial charge in [-0.25, -0.2) is 9.67 Å². The van der Waals surface area contributed by atoms with Crippen molar-refractivity contribution in [3.63, 3.8) is 0 Å². The van der Waals surface area contributed by atoms with Crippen LogP contribution in [0.4, 0.5) is 0 Å². The lowest BCUT2D eigenvalue weighted by Crippen LogP contribution is -2.50. The monoisotopic (exact) mass is 403 g/mol. The zero-order valence-corrected chi connectivity index (χ0v) is 16.6. The van der Waals surface area contributed by atoms with E-state index in [1.54, 1.807) is 16.0 Å². The van der Waals surface area contributed by atoms with E-state index in [0.717, 1.165) is 30.1 Å². The number of carbonyl (C=O) groups excluding carboxylic acids is 1. The maximum absolute atomic E-state index is 12.8. The predicted octanol–water partition coefficient (Wildman–Crippen LogP) is 3.15. The summed E-state index contributed by atoms with van der Waals surface area (Å²) in [7, 11) is 0. The largest absolute Gasteiger partial charge is 0.345 e. The van der Waals surface area contributed by atoms with E-state index in [9.17, 15) is 4.79 Å². The van der Waals surface area contributed by atoms with Crippen LogP contribution in [0.5, 0.6) is 0 Å². The van der Waals surface area contributed by atoms with Crippen LogP contribution >= 0.6 is 23.7 Å². The van der Waals surface area contributed by atoms with Gasteiger partial charge in [0.05, 0.1) is 10.6 Å². The van der Waals surface area contributed by atoms with Gasteiger partial charge in [-0.2, -0.15) is 0 Å². The molecular formula is C19H22ClN5OS. The second-order valence-corrected chi connectivity index (χ2v) is 7.48. The molecule has 3 aromatic rings. The first-order chi connectivity index (χ1) is 12.7. The zero-order valence-electron chi connectivity index (χ0n) is 15.0. The molecule has 2 aromatic heterocycles. The third kappa shape index (κ3) is 4.21. The number of rotatable bonds is 4. The van der Waals surface area contributed by atoms with Gasteiger partial charge in [0.1, 0.15) is 0 Å². The average molecular weight is 404 g/mol. The van der Waals surface area contributed by atoms with Crippen LogP contribution in [0, 0.1) is 5.92 Å². The standard InChI is InChI=1S/C19H21N5OS.ClH/c1-13-9-10-20-12-15(13)21-19(25)17-22-18(16-8-5-11-26-16)24(23-17)14-6-3-2-4-7-14;/h2-8,11,13,15,20H,9-10,12H2,1H3,(H,21,25);1H. The Morgan fingerprint density at radius 3 is 2.78 bits per heavy atom. The Kier molecular flexibility index (Phi) is 6.26. The van der Waals surface area contributed by atoms with Crippen LogP contribution in [-0.2, 0) is 0 Å². The van der Waals surface area contributed by atoms with Gasteiger partial charge >= 0.3 is 0 Å². The van der Waals surface area contributed by atoms with Crippen molar-refractivity contribution in [1.29, 1.82) is 0 Å². The third-order valence-electron chi connectivity index (χ3n) is 4.70. The number of hydrogen-bond donors (Lipinski definition) is 2. The zero-order chi connectivity index (χ0) is 17.9. The lowest BCUT2D eigenvalue weighted by atomic mass is 9.95. The first-order valence-electron chi connectivity index (χ1n) is 8.80. The summed E-state index contributed by atoms with van der Waals surface area (Å²) in [6.45, 7) is 3.94. The summed E-state index contributed by atoms with van der Waals surface area (Å²) < 4.78 is 1.74. The Balaban J connectivity index is 0.00000210. The van der Waals surface area contributed by atoms with Crippen LogP contribution < -0.4 is 10.6 Å². The molecular weight excluding hydrogens is 382 g/mol. The highest BCUT2D eigenvalue weighted by atomic mass is 35.5. The highest BCUT2D eigenvalue weighted by Crippen LogP contribution is 2.25. The lowest BCUT2D eigenvalue weighted by Gasteiger charge is -2.29. The molecule has 2 unspecified atom stereocenters. The third-order valence-corrected chi connectivity index (χ3v) is 5.56. The number of benzene rings is 1. The normalized spacial score (nSPS) is 19.3. The number of nitrogens with one attached hydrogen (secondary N) is 2. The van der Waals surface area contributed by atoms with Crippen molar-refractivity contribution in [2.75, 3.05) is 13.1 Å². The highest BCUT2D eigenvalue weighted by Gasteiger charge is 2.26. The van der Waals surface area contributed by atoms with Crippen LogP contribution in [0.3, 0.4) is 0 Å². The molecule has 27 heavy (non-hydrogen) atoms. The Hall–Kier alpha value is -2.22. The molecule has 1 aliphatic heterocycles. The number of thiophene rings is 1. The molecule has 1 saturated heterocycles. The van der Waals surface area contributed by atoms with Crippen LogP contribution in [0.1, 0.15) is 24.0 Å². The number of amides is 1. The molecule has 3 heterocycles. The van der Waals surface area contributed by atoms with Crippen molar-refractivity contribution >= 4 is 29.7 Å². The molecule has 1 fully saturated rings. The van der Waals surface area contributed by atoms with Crippen molar-refractivity contribution in [3.8, 4) is 16.4 Å². The topological polar surface area (TPSA) is 71.8 Å². The van der Waals surface area contributed by atoms with Crippen LogP contribution in [0.2, 0.25) is 0 Å². The minimum Gasteiger partial charge on any atom is -0.345 e. The van der Waals surface area contributed by atoms with E-state index in [0.29, 0.717) is 11.7 Å². The SMILES string of the molecule is CC1CCNCC1NC(=O)c1nc(-c2cccs2)n(-c2ccccc2)n1.Cl. The van der Waals surface area contributed by atoms with Crippen LogP contribution in [0.25, 0.3) is 16.4 Å². The molecule has 4 rings (SSSR count). The van der Waals surface area contributed by atoms with Gasteiger partial charge in [0.2, 0.25) is 5.82 Å². The van der Waals surface area contributed by atoms with Crippen molar-refractivity contribution in [2.24, 2.45) is 5.92 Å². The van der Waals surface area contributed by atoms with E-state index < -0.39 is 0 Å². The van der Waals surface area contributed by atoms with E-state index in [-0.39, 0.29) is 30.2 Å². The van der Waals surface area contributed by atoms with Gasteiger partial charge in [-0.05, 0) is 42.5 Å². The van der Waals surface area contributed by atoms with E-state index in [1.807, 2.05) is 47.8 Å². The minimum atomic E-state index is -0.224. The maximum Gasteiger partial charge on any atom is 0.291 e. The summed E-state index contributed by atoms with van der Waals surface area (Å²) >= 11 is 1.58. The molecule has 0 saturated carbocycles. The number of nitrogens with zero attached hydrogens (tertiary/aromatic N) is 3. The summed E-state index contributed by atoms with van der Waals surface area (Å²) in [5.41, 5.74) is 0.884. The number of halogens is 1. The van der Waals surface area contributed by atoms with Gasteiger partial charge in [-0.15, -0.1) is 28.8 Å². The van der Waals surface area contributed by atoms with Crippen molar-refractivity contribution < 1.29 is 4.79 Å². The Bertz CT molecular complexity index is 881. The molecule has 8 heteroatoms. The number of aromatic nitrogens is 3. The van der Waals surface area contributed by atoms with E-state index >= 15 is 0 Å². The number of para-hydroxylation sites is 1.